The molecule has 60 valence electrons. The zero-order valence-electron chi connectivity index (χ0n) is 6.26. The summed E-state index contributed by atoms with van der Waals surface area (Å²) in [6.45, 7) is 3.95. The average Bonchev–Trinajstić information content (AvgIpc) is 1.85. The van der Waals surface area contributed by atoms with Crippen LogP contribution in [0.15, 0.2) is 0 Å². The van der Waals surface area contributed by atoms with E-state index in [0.717, 1.165) is 0 Å². The number of carbonyl (C=O) groups excluding carboxylic acids is 1. The summed E-state index contributed by atoms with van der Waals surface area (Å²) in [5.41, 5.74) is 0. The van der Waals surface area contributed by atoms with E-state index in [1.54, 1.807) is 0 Å². The van der Waals surface area contributed by atoms with E-state index in [4.69, 9.17) is 5.11 Å². The third kappa shape index (κ3) is 28.3. The molecule has 0 saturated carbocycles. The molecule has 0 aromatic heterocycles. The molecule has 0 aromatic rings. The van der Waals surface area contributed by atoms with Gasteiger partial charge in [-0.2, -0.15) is 0 Å². The third-order valence-electron chi connectivity index (χ3n) is 0.337. The highest BCUT2D eigenvalue weighted by atomic mass is 16.4. The summed E-state index contributed by atoms with van der Waals surface area (Å²) in [5.74, 6) is -1.04. The van der Waals surface area contributed by atoms with Gasteiger partial charge in [-0.1, -0.05) is 20.3 Å². The minimum atomic E-state index is -1.04. The Labute approximate surface area is 60.2 Å². The molecule has 0 unspecified atom stereocenters. The SMILES string of the molecule is CCC.O=CNCC(=O)O. The predicted molar refractivity (Wildman–Crippen MR) is 37.7 cm³/mol. The van der Waals surface area contributed by atoms with E-state index in [2.05, 4.69) is 13.8 Å². The third-order valence-corrected chi connectivity index (χ3v) is 0.337. The van der Waals surface area contributed by atoms with Gasteiger partial charge in [0, 0.05) is 0 Å². The largest absolute Gasteiger partial charge is 0.480 e. The smallest absolute Gasteiger partial charge is 0.322 e. The first-order valence-electron chi connectivity index (χ1n) is 3.07. The molecule has 2 N–H and O–H groups in total. The molecule has 1 amide bonds. The molecular weight excluding hydrogens is 134 g/mol. The predicted octanol–water partition coefficient (Wildman–Crippen LogP) is 0.233. The molecular formula is C6H13NO3. The molecule has 0 fully saturated rings. The first kappa shape index (κ1) is 11.7. The fourth-order valence-corrected chi connectivity index (χ4v) is 0.129. The summed E-state index contributed by atoms with van der Waals surface area (Å²) < 4.78 is 0. The van der Waals surface area contributed by atoms with Gasteiger partial charge in [0.25, 0.3) is 0 Å². The van der Waals surface area contributed by atoms with Crippen LogP contribution in [0.4, 0.5) is 0 Å². The number of hydrogen-bond donors (Lipinski definition) is 2. The Morgan fingerprint density at radius 2 is 2.00 bits per heavy atom. The molecule has 0 atom stereocenters. The van der Waals surface area contributed by atoms with Crippen LogP contribution in [0.3, 0.4) is 0 Å². The highest BCUT2D eigenvalue weighted by molar-refractivity contribution is 5.71. The molecule has 10 heavy (non-hydrogen) atoms. The van der Waals surface area contributed by atoms with Crippen LogP contribution in [0.5, 0.6) is 0 Å². The van der Waals surface area contributed by atoms with Crippen molar-refractivity contribution in [3.63, 3.8) is 0 Å². The van der Waals surface area contributed by atoms with Gasteiger partial charge in [0.2, 0.25) is 6.41 Å². The monoisotopic (exact) mass is 147 g/mol. The number of carboxylic acids is 1. The summed E-state index contributed by atoms with van der Waals surface area (Å²) in [5, 5.41) is 9.79. The Hall–Kier alpha value is -1.06. The van der Waals surface area contributed by atoms with Crippen LogP contribution in [-0.2, 0) is 9.59 Å². The highest BCUT2D eigenvalue weighted by Gasteiger charge is 1.88. The summed E-state index contributed by atoms with van der Waals surface area (Å²) >= 11 is 0. The minimum Gasteiger partial charge on any atom is -0.480 e. The molecule has 0 radical (unpaired) electrons. The summed E-state index contributed by atoms with van der Waals surface area (Å²) in [4.78, 5) is 18.9. The van der Waals surface area contributed by atoms with E-state index < -0.39 is 5.97 Å². The van der Waals surface area contributed by atoms with E-state index in [-0.39, 0.29) is 6.54 Å². The van der Waals surface area contributed by atoms with Crippen molar-refractivity contribution >= 4 is 12.4 Å². The number of carbonyl (C=O) groups is 2. The summed E-state index contributed by atoms with van der Waals surface area (Å²) in [7, 11) is 0. The van der Waals surface area contributed by atoms with Gasteiger partial charge in [-0.3, -0.25) is 9.59 Å². The van der Waals surface area contributed by atoms with Crippen LogP contribution in [0, 0.1) is 0 Å². The van der Waals surface area contributed by atoms with Gasteiger partial charge >= 0.3 is 5.97 Å². The Bertz CT molecular complexity index is 93.0. The second kappa shape index (κ2) is 10.8. The maximum Gasteiger partial charge on any atom is 0.322 e. The maximum atomic E-state index is 9.54. The fraction of sp³-hybridized carbons (Fsp3) is 0.667. The number of hydrogen-bond acceptors (Lipinski definition) is 2. The van der Waals surface area contributed by atoms with E-state index >= 15 is 0 Å². The van der Waals surface area contributed by atoms with Gasteiger partial charge in [0.15, 0.2) is 0 Å². The number of carboxylic acid groups (broad SMARTS) is 1. The molecule has 0 saturated heterocycles. The molecule has 4 heteroatoms. The van der Waals surface area contributed by atoms with Crippen LogP contribution in [-0.4, -0.2) is 24.0 Å². The quantitative estimate of drug-likeness (QED) is 0.562. The Morgan fingerprint density at radius 3 is 2.10 bits per heavy atom. The first-order chi connectivity index (χ1) is 4.68. The molecule has 0 aromatic carbocycles. The van der Waals surface area contributed by atoms with E-state index in [9.17, 15) is 9.59 Å². The number of amides is 1. The molecule has 0 aliphatic heterocycles. The average molecular weight is 147 g/mol. The van der Waals surface area contributed by atoms with Crippen LogP contribution in [0.25, 0.3) is 0 Å². The van der Waals surface area contributed by atoms with Crippen molar-refractivity contribution in [1.82, 2.24) is 5.32 Å². The Morgan fingerprint density at radius 1 is 1.60 bits per heavy atom. The van der Waals surface area contributed by atoms with Crippen LogP contribution in [0.1, 0.15) is 20.3 Å². The first-order valence-corrected chi connectivity index (χ1v) is 3.07. The lowest BCUT2D eigenvalue weighted by Crippen LogP contribution is -2.20. The van der Waals surface area contributed by atoms with E-state index in [1.165, 1.54) is 6.42 Å². The van der Waals surface area contributed by atoms with Crippen molar-refractivity contribution in [2.24, 2.45) is 0 Å². The van der Waals surface area contributed by atoms with Crippen LogP contribution >= 0.6 is 0 Å². The standard InChI is InChI=1S/C3H5NO3.C3H8/c5-2-4-1-3(6)7;1-3-2/h2H,1H2,(H,4,5)(H,6,7);3H2,1-2H3. The zero-order chi connectivity index (χ0) is 8.41. The molecule has 0 aliphatic carbocycles. The van der Waals surface area contributed by atoms with E-state index in [0.29, 0.717) is 6.41 Å². The van der Waals surface area contributed by atoms with Gasteiger partial charge in [0.1, 0.15) is 6.54 Å². The van der Waals surface area contributed by atoms with Gasteiger partial charge in [-0.05, 0) is 0 Å². The van der Waals surface area contributed by atoms with Gasteiger partial charge in [-0.25, -0.2) is 0 Å². The molecule has 0 aliphatic rings. The zero-order valence-corrected chi connectivity index (χ0v) is 6.26. The number of aliphatic carboxylic acids is 1. The Balaban J connectivity index is 0. The molecule has 0 rings (SSSR count). The van der Waals surface area contributed by atoms with Gasteiger partial charge < -0.3 is 10.4 Å². The molecule has 0 bridgehead atoms. The van der Waals surface area contributed by atoms with Crippen molar-refractivity contribution in [2.45, 2.75) is 20.3 Å². The number of rotatable bonds is 3. The van der Waals surface area contributed by atoms with Crippen molar-refractivity contribution in [3.05, 3.63) is 0 Å². The lowest BCUT2D eigenvalue weighted by molar-refractivity contribution is -0.136. The van der Waals surface area contributed by atoms with Gasteiger partial charge in [0.05, 0.1) is 0 Å². The van der Waals surface area contributed by atoms with Crippen molar-refractivity contribution < 1.29 is 14.7 Å². The summed E-state index contributed by atoms with van der Waals surface area (Å²) in [6, 6.07) is 0. The van der Waals surface area contributed by atoms with Crippen LogP contribution in [0.2, 0.25) is 0 Å². The number of nitrogens with one attached hydrogen (secondary N) is 1. The lowest BCUT2D eigenvalue weighted by atomic mass is 10.6. The molecule has 0 spiro atoms. The van der Waals surface area contributed by atoms with Crippen molar-refractivity contribution in [1.29, 1.82) is 0 Å². The highest BCUT2D eigenvalue weighted by Crippen LogP contribution is 1.56. The van der Waals surface area contributed by atoms with Crippen molar-refractivity contribution in [2.75, 3.05) is 6.54 Å². The minimum absolute atomic E-state index is 0.302. The molecule has 4 nitrogen and oxygen atoms in total. The Kier molecular flexibility index (Phi) is 12.7. The van der Waals surface area contributed by atoms with Crippen molar-refractivity contribution in [3.8, 4) is 0 Å². The normalized spacial score (nSPS) is 7.00. The van der Waals surface area contributed by atoms with Gasteiger partial charge in [-0.15, -0.1) is 0 Å². The van der Waals surface area contributed by atoms with E-state index in [1.807, 2.05) is 5.32 Å². The summed E-state index contributed by atoms with van der Waals surface area (Å²) in [6.07, 6.45) is 1.59. The fourth-order valence-electron chi connectivity index (χ4n) is 0.129. The second-order valence-corrected chi connectivity index (χ2v) is 1.60. The maximum absolute atomic E-state index is 9.54. The topological polar surface area (TPSA) is 66.4 Å². The molecule has 0 heterocycles. The lowest BCUT2D eigenvalue weighted by Gasteiger charge is -1.85. The second-order valence-electron chi connectivity index (χ2n) is 1.60. The van der Waals surface area contributed by atoms with Crippen LogP contribution < -0.4 is 5.32 Å².